The number of hydrogen-bond donors (Lipinski definition) is 2. The first-order chi connectivity index (χ1) is 12.7. The van der Waals surface area contributed by atoms with Crippen LogP contribution in [0.2, 0.25) is 0 Å². The highest BCUT2D eigenvalue weighted by atomic mass is 16.4. The number of benzene rings is 2. The van der Waals surface area contributed by atoms with Gasteiger partial charge in [0.15, 0.2) is 0 Å². The molecule has 0 bridgehead atoms. The van der Waals surface area contributed by atoms with Gasteiger partial charge in [0.2, 0.25) is 0 Å². The number of amides is 1. The van der Waals surface area contributed by atoms with E-state index in [2.05, 4.69) is 10.2 Å². The second-order valence-corrected chi connectivity index (χ2v) is 7.42. The van der Waals surface area contributed by atoms with E-state index in [0.717, 1.165) is 36.2 Å². The Kier molecular flexibility index (Phi) is 3.25. The molecule has 5 rings (SSSR count). The predicted octanol–water partition coefficient (Wildman–Crippen LogP) is 2.80. The maximum atomic E-state index is 13.3. The molecule has 0 aromatic heterocycles. The molecule has 2 aromatic rings. The lowest BCUT2D eigenvalue weighted by Gasteiger charge is -2.35. The summed E-state index contributed by atoms with van der Waals surface area (Å²) < 4.78 is 0. The van der Waals surface area contributed by atoms with E-state index in [0.29, 0.717) is 0 Å². The van der Waals surface area contributed by atoms with Gasteiger partial charge in [-0.05, 0) is 31.0 Å². The second kappa shape index (κ2) is 5.42. The lowest BCUT2D eigenvalue weighted by Crippen LogP contribution is -2.52. The van der Waals surface area contributed by atoms with Gasteiger partial charge in [-0.2, -0.15) is 0 Å². The number of aliphatic carboxylic acids is 1. The molecular weight excluding hydrogens is 328 g/mol. The monoisotopic (exact) mass is 348 g/mol. The van der Waals surface area contributed by atoms with E-state index in [9.17, 15) is 14.7 Å². The number of nitrogens with zero attached hydrogens (tertiary/aromatic N) is 1. The first-order valence-corrected chi connectivity index (χ1v) is 9.11. The molecule has 5 nitrogen and oxygen atoms in total. The molecule has 0 unspecified atom stereocenters. The number of hydrogen-bond acceptors (Lipinski definition) is 3. The number of para-hydroxylation sites is 1. The van der Waals surface area contributed by atoms with Gasteiger partial charge in [-0.3, -0.25) is 14.5 Å². The standard InChI is InChI=1S/C21H20N2O3/c24-19(25)18-17(13-7-2-1-3-8-13)16-11-6-12-23(16)21(18)14-9-4-5-10-15(14)22-20(21)26/h1-5,7-10,16-18H,6,11-12H2,(H,22,26)(H,24,25)/t16-,17-,18+,21-/m1/s1. The fourth-order valence-electron chi connectivity index (χ4n) is 5.54. The van der Waals surface area contributed by atoms with Crippen LogP contribution < -0.4 is 5.32 Å². The van der Waals surface area contributed by atoms with Gasteiger partial charge in [-0.15, -0.1) is 0 Å². The van der Waals surface area contributed by atoms with Crippen LogP contribution in [0, 0.1) is 5.92 Å². The van der Waals surface area contributed by atoms with Gasteiger partial charge < -0.3 is 10.4 Å². The molecule has 26 heavy (non-hydrogen) atoms. The first kappa shape index (κ1) is 15.6. The van der Waals surface area contributed by atoms with Crippen molar-refractivity contribution in [1.82, 2.24) is 4.90 Å². The molecule has 2 fully saturated rings. The summed E-state index contributed by atoms with van der Waals surface area (Å²) in [7, 11) is 0. The van der Waals surface area contributed by atoms with E-state index in [1.54, 1.807) is 0 Å². The van der Waals surface area contributed by atoms with Crippen molar-refractivity contribution in [2.45, 2.75) is 30.3 Å². The first-order valence-electron chi connectivity index (χ1n) is 9.11. The van der Waals surface area contributed by atoms with Crippen molar-refractivity contribution < 1.29 is 14.7 Å². The molecule has 0 radical (unpaired) electrons. The Hall–Kier alpha value is -2.66. The van der Waals surface area contributed by atoms with Gasteiger partial charge >= 0.3 is 5.97 Å². The maximum Gasteiger partial charge on any atom is 0.309 e. The normalized spacial score (nSPS) is 32.5. The smallest absolute Gasteiger partial charge is 0.309 e. The second-order valence-electron chi connectivity index (χ2n) is 7.42. The van der Waals surface area contributed by atoms with Crippen LogP contribution in [0.25, 0.3) is 0 Å². The van der Waals surface area contributed by atoms with Crippen molar-refractivity contribution in [3.63, 3.8) is 0 Å². The Morgan fingerprint density at radius 3 is 2.62 bits per heavy atom. The molecule has 0 aliphatic carbocycles. The molecule has 0 saturated carbocycles. The Morgan fingerprint density at radius 2 is 1.85 bits per heavy atom. The molecule has 3 heterocycles. The maximum absolute atomic E-state index is 13.3. The highest BCUT2D eigenvalue weighted by Crippen LogP contribution is 2.60. The average Bonchev–Trinajstić information content (AvgIpc) is 3.29. The zero-order valence-corrected chi connectivity index (χ0v) is 14.3. The number of nitrogens with one attached hydrogen (secondary N) is 1. The third-order valence-corrected chi connectivity index (χ3v) is 6.36. The van der Waals surface area contributed by atoms with Crippen LogP contribution in [0.3, 0.4) is 0 Å². The van der Waals surface area contributed by atoms with E-state index < -0.39 is 17.4 Å². The van der Waals surface area contributed by atoms with Crippen molar-refractivity contribution >= 4 is 17.6 Å². The summed E-state index contributed by atoms with van der Waals surface area (Å²) in [4.78, 5) is 28.0. The molecule has 1 amide bonds. The average molecular weight is 348 g/mol. The van der Waals surface area contributed by atoms with Crippen molar-refractivity contribution in [3.8, 4) is 0 Å². The molecule has 132 valence electrons. The van der Waals surface area contributed by atoms with Crippen LogP contribution >= 0.6 is 0 Å². The summed E-state index contributed by atoms with van der Waals surface area (Å²) in [6, 6.07) is 17.4. The molecular formula is C21H20N2O3. The Bertz CT molecular complexity index is 897. The van der Waals surface area contributed by atoms with Crippen LogP contribution in [0.1, 0.15) is 29.9 Å². The van der Waals surface area contributed by atoms with E-state index >= 15 is 0 Å². The van der Waals surface area contributed by atoms with Crippen molar-refractivity contribution in [1.29, 1.82) is 0 Å². The molecule has 5 heteroatoms. The Labute approximate surface area is 151 Å². The van der Waals surface area contributed by atoms with Gasteiger partial charge in [0.05, 0.1) is 5.92 Å². The van der Waals surface area contributed by atoms with Crippen molar-refractivity contribution in [2.24, 2.45) is 5.92 Å². The van der Waals surface area contributed by atoms with E-state index in [4.69, 9.17) is 0 Å². The number of carbonyl (C=O) groups is 2. The number of carbonyl (C=O) groups excluding carboxylic acids is 1. The minimum absolute atomic E-state index is 0.0652. The third-order valence-electron chi connectivity index (χ3n) is 6.36. The Morgan fingerprint density at radius 1 is 1.12 bits per heavy atom. The fraction of sp³-hybridized carbons (Fsp3) is 0.333. The van der Waals surface area contributed by atoms with Gasteiger partial charge in [-0.1, -0.05) is 48.5 Å². The molecule has 3 aliphatic rings. The zero-order valence-electron chi connectivity index (χ0n) is 14.3. The Balaban J connectivity index is 1.78. The highest BCUT2D eigenvalue weighted by molar-refractivity contribution is 6.09. The molecule has 3 aliphatic heterocycles. The molecule has 2 N–H and O–H groups in total. The summed E-state index contributed by atoms with van der Waals surface area (Å²) >= 11 is 0. The van der Waals surface area contributed by atoms with Crippen LogP contribution in [0.4, 0.5) is 5.69 Å². The minimum atomic E-state index is -1.12. The topological polar surface area (TPSA) is 69.6 Å². The van der Waals surface area contributed by atoms with Crippen LogP contribution in [0.5, 0.6) is 0 Å². The van der Waals surface area contributed by atoms with E-state index in [1.165, 1.54) is 0 Å². The van der Waals surface area contributed by atoms with Gasteiger partial charge in [0.1, 0.15) is 5.54 Å². The molecule has 2 saturated heterocycles. The quantitative estimate of drug-likeness (QED) is 0.876. The van der Waals surface area contributed by atoms with Crippen LogP contribution in [-0.2, 0) is 15.1 Å². The summed E-state index contributed by atoms with van der Waals surface area (Å²) in [6.45, 7) is 0.750. The van der Waals surface area contributed by atoms with Crippen molar-refractivity contribution in [2.75, 3.05) is 11.9 Å². The lowest BCUT2D eigenvalue weighted by atomic mass is 9.72. The lowest BCUT2D eigenvalue weighted by molar-refractivity contribution is -0.150. The summed E-state index contributed by atoms with van der Waals surface area (Å²) in [5, 5.41) is 13.2. The third kappa shape index (κ3) is 1.78. The summed E-state index contributed by atoms with van der Waals surface area (Å²) in [6.07, 6.45) is 1.90. The number of fused-ring (bicyclic) bond motifs is 4. The van der Waals surface area contributed by atoms with E-state index in [-0.39, 0.29) is 17.9 Å². The van der Waals surface area contributed by atoms with Gasteiger partial charge in [0, 0.05) is 23.2 Å². The van der Waals surface area contributed by atoms with Gasteiger partial charge in [0.25, 0.3) is 5.91 Å². The number of carboxylic acids is 1. The van der Waals surface area contributed by atoms with Crippen molar-refractivity contribution in [3.05, 3.63) is 65.7 Å². The number of anilines is 1. The van der Waals surface area contributed by atoms with Gasteiger partial charge in [-0.25, -0.2) is 0 Å². The minimum Gasteiger partial charge on any atom is -0.481 e. The molecule has 2 aromatic carbocycles. The highest BCUT2D eigenvalue weighted by Gasteiger charge is 2.69. The molecule has 4 atom stereocenters. The predicted molar refractivity (Wildman–Crippen MR) is 96.8 cm³/mol. The SMILES string of the molecule is O=C(O)[C@@H]1[C@H](c2ccccc2)[C@H]2CCCN2[C@@]12C(=O)Nc1ccccc12. The largest absolute Gasteiger partial charge is 0.481 e. The van der Waals surface area contributed by atoms with E-state index in [1.807, 2.05) is 54.6 Å². The van der Waals surface area contributed by atoms with Crippen LogP contribution in [-0.4, -0.2) is 34.5 Å². The summed E-state index contributed by atoms with van der Waals surface area (Å²) in [5.41, 5.74) is 1.43. The zero-order chi connectivity index (χ0) is 17.9. The fourth-order valence-corrected chi connectivity index (χ4v) is 5.54. The number of carboxylic acid groups (broad SMARTS) is 1. The molecule has 1 spiro atoms. The van der Waals surface area contributed by atoms with Crippen LogP contribution in [0.15, 0.2) is 54.6 Å². The number of rotatable bonds is 2. The summed E-state index contributed by atoms with van der Waals surface area (Å²) in [5.74, 6) is -2.11.